The maximum absolute atomic E-state index is 12.8. The first-order chi connectivity index (χ1) is 13.3. The summed E-state index contributed by atoms with van der Waals surface area (Å²) in [5.74, 6) is -0.755. The lowest BCUT2D eigenvalue weighted by Gasteiger charge is -2.35. The van der Waals surface area contributed by atoms with E-state index in [1.165, 1.54) is 15.6 Å². The molecular weight excluding hydrogens is 400 g/mol. The molecule has 1 aromatic rings. The molecule has 28 heavy (non-hydrogen) atoms. The Morgan fingerprint density at radius 1 is 1.46 bits per heavy atom. The minimum absolute atomic E-state index is 0.109. The first-order valence-electron chi connectivity index (χ1n) is 9.39. The molecule has 0 N–H and O–H groups in total. The van der Waals surface area contributed by atoms with E-state index in [0.717, 1.165) is 6.42 Å². The topological polar surface area (TPSA) is 102 Å². The number of hydrogen-bond acceptors (Lipinski definition) is 6. The minimum Gasteiger partial charge on any atom is -0.336 e. The van der Waals surface area contributed by atoms with Gasteiger partial charge in [0.25, 0.3) is 0 Å². The van der Waals surface area contributed by atoms with Gasteiger partial charge in [-0.1, -0.05) is 6.92 Å². The molecule has 0 radical (unpaired) electrons. The number of amides is 2. The minimum atomic E-state index is -3.67. The van der Waals surface area contributed by atoms with Gasteiger partial charge < -0.3 is 9.80 Å². The summed E-state index contributed by atoms with van der Waals surface area (Å²) >= 11 is 1.31. The Balaban J connectivity index is 1.43. The summed E-state index contributed by atoms with van der Waals surface area (Å²) in [5, 5.41) is 12.5. The van der Waals surface area contributed by atoms with Crippen molar-refractivity contribution in [2.75, 3.05) is 19.6 Å². The van der Waals surface area contributed by atoms with E-state index in [9.17, 15) is 23.3 Å². The zero-order valence-electron chi connectivity index (χ0n) is 15.5. The zero-order valence-corrected chi connectivity index (χ0v) is 17.2. The van der Waals surface area contributed by atoms with Crippen LogP contribution in [0, 0.1) is 17.2 Å². The summed E-state index contributed by atoms with van der Waals surface area (Å²) in [6.45, 7) is 2.88. The van der Waals surface area contributed by atoms with Gasteiger partial charge in [-0.2, -0.15) is 20.9 Å². The normalized spacial score (nSPS) is 28.7. The molecule has 0 unspecified atom stereocenters. The Morgan fingerprint density at radius 2 is 2.25 bits per heavy atom. The summed E-state index contributed by atoms with van der Waals surface area (Å²) in [7, 11) is -3.67. The molecule has 4 heterocycles. The number of piperazine rings is 1. The monoisotopic (exact) mass is 422 g/mol. The molecule has 2 bridgehead atoms. The van der Waals surface area contributed by atoms with Crippen molar-refractivity contribution < 1.29 is 18.0 Å². The van der Waals surface area contributed by atoms with Gasteiger partial charge >= 0.3 is 0 Å². The number of fused-ring (bicyclic) bond motifs is 2. The molecule has 10 heteroatoms. The Kier molecular flexibility index (Phi) is 4.93. The van der Waals surface area contributed by atoms with E-state index in [1.54, 1.807) is 33.6 Å². The average Bonchev–Trinajstić information content (AvgIpc) is 3.45. The number of nitrogens with zero attached hydrogens (tertiary/aromatic N) is 4. The number of carbonyl (C=O) groups is 2. The standard InChI is InChI=1S/C18H22N4O4S2/c1-12(17(23)20-5-2-3-13(20)8-19)9-21-14-7-16(18(21)24)22(10-14)28(25,26)15-4-6-27-11-15/h4,6,11-14,16H,2-3,5,7,9-10H2,1H3/t12-,13-,14+,16+/m0/s1. The van der Waals surface area contributed by atoms with Gasteiger partial charge in [0.2, 0.25) is 21.8 Å². The number of nitriles is 1. The molecule has 1 aromatic heterocycles. The first kappa shape index (κ1) is 19.4. The number of hydrogen-bond donors (Lipinski definition) is 0. The van der Waals surface area contributed by atoms with Crippen LogP contribution in [0.2, 0.25) is 0 Å². The number of carbonyl (C=O) groups excluding carboxylic acids is 2. The van der Waals surface area contributed by atoms with Crippen LogP contribution >= 0.6 is 11.3 Å². The SMILES string of the molecule is C[C@@H](CN1C(=O)[C@H]2C[C@@H]1CN2S(=O)(=O)c1ccsc1)C(=O)N1CCC[C@H]1C#N. The summed E-state index contributed by atoms with van der Waals surface area (Å²) in [5.41, 5.74) is 0. The smallest absolute Gasteiger partial charge is 0.244 e. The summed E-state index contributed by atoms with van der Waals surface area (Å²) in [6, 6.07) is 2.45. The molecule has 3 fully saturated rings. The molecule has 8 nitrogen and oxygen atoms in total. The average molecular weight is 423 g/mol. The number of likely N-dealkylation sites (tertiary alicyclic amines) is 2. The van der Waals surface area contributed by atoms with Crippen LogP contribution < -0.4 is 0 Å². The molecule has 0 saturated carbocycles. The molecular formula is C18H22N4O4S2. The van der Waals surface area contributed by atoms with Crippen molar-refractivity contribution in [3.05, 3.63) is 16.8 Å². The Bertz CT molecular complexity index is 924. The van der Waals surface area contributed by atoms with Gasteiger partial charge in [-0.3, -0.25) is 9.59 Å². The van der Waals surface area contributed by atoms with Crippen LogP contribution in [0.15, 0.2) is 21.7 Å². The van der Waals surface area contributed by atoms with Gasteiger partial charge in [0.1, 0.15) is 12.1 Å². The maximum atomic E-state index is 12.8. The van der Waals surface area contributed by atoms with Crippen molar-refractivity contribution >= 4 is 33.2 Å². The Hall–Kier alpha value is -1.96. The van der Waals surface area contributed by atoms with E-state index in [1.807, 2.05) is 0 Å². The van der Waals surface area contributed by atoms with Crippen LogP contribution in [0.4, 0.5) is 0 Å². The van der Waals surface area contributed by atoms with Crippen molar-refractivity contribution in [2.45, 2.75) is 49.2 Å². The lowest BCUT2D eigenvalue weighted by molar-refractivity contribution is -0.139. The van der Waals surface area contributed by atoms with Crippen molar-refractivity contribution in [3.8, 4) is 6.07 Å². The fourth-order valence-electron chi connectivity index (χ4n) is 4.47. The van der Waals surface area contributed by atoms with Crippen LogP contribution in [0.1, 0.15) is 26.2 Å². The van der Waals surface area contributed by atoms with Crippen LogP contribution in [0.25, 0.3) is 0 Å². The second-order valence-corrected chi connectivity index (χ2v) is 10.3. The van der Waals surface area contributed by atoms with Gasteiger partial charge in [-0.25, -0.2) is 8.42 Å². The van der Waals surface area contributed by atoms with E-state index in [-0.39, 0.29) is 41.9 Å². The van der Waals surface area contributed by atoms with Crippen LogP contribution in [-0.4, -0.2) is 72.1 Å². The van der Waals surface area contributed by atoms with Crippen LogP contribution in [-0.2, 0) is 19.6 Å². The van der Waals surface area contributed by atoms with Gasteiger partial charge in [-0.05, 0) is 30.7 Å². The maximum Gasteiger partial charge on any atom is 0.244 e. The lowest BCUT2D eigenvalue weighted by Crippen LogP contribution is -2.54. The Morgan fingerprint density at radius 3 is 2.89 bits per heavy atom. The number of rotatable bonds is 5. The Labute approximate surface area is 168 Å². The molecule has 4 rings (SSSR count). The molecule has 150 valence electrons. The molecule has 0 aliphatic carbocycles. The van der Waals surface area contributed by atoms with E-state index >= 15 is 0 Å². The van der Waals surface area contributed by atoms with Gasteiger partial charge in [-0.15, -0.1) is 0 Å². The van der Waals surface area contributed by atoms with E-state index in [4.69, 9.17) is 0 Å². The highest BCUT2D eigenvalue weighted by atomic mass is 32.2. The molecule has 0 spiro atoms. The molecule has 2 amide bonds. The van der Waals surface area contributed by atoms with Crippen LogP contribution in [0.3, 0.4) is 0 Å². The molecule has 4 atom stereocenters. The fraction of sp³-hybridized carbons (Fsp3) is 0.611. The second-order valence-electron chi connectivity index (χ2n) is 7.65. The highest BCUT2D eigenvalue weighted by Gasteiger charge is 2.54. The van der Waals surface area contributed by atoms with E-state index in [2.05, 4.69) is 6.07 Å². The second kappa shape index (κ2) is 7.13. The van der Waals surface area contributed by atoms with Gasteiger partial charge in [0, 0.05) is 31.1 Å². The van der Waals surface area contributed by atoms with E-state index in [0.29, 0.717) is 19.4 Å². The summed E-state index contributed by atoms with van der Waals surface area (Å²) in [6.07, 6.45) is 1.98. The first-order valence-corrected chi connectivity index (χ1v) is 11.8. The zero-order chi connectivity index (χ0) is 20.1. The van der Waals surface area contributed by atoms with Crippen molar-refractivity contribution in [3.63, 3.8) is 0 Å². The number of sulfonamides is 1. The van der Waals surface area contributed by atoms with Gasteiger partial charge in [0.05, 0.1) is 16.9 Å². The quantitative estimate of drug-likeness (QED) is 0.701. The van der Waals surface area contributed by atoms with Gasteiger partial charge in [0.15, 0.2) is 0 Å². The molecule has 0 aromatic carbocycles. The highest BCUT2D eigenvalue weighted by molar-refractivity contribution is 7.89. The summed E-state index contributed by atoms with van der Waals surface area (Å²) in [4.78, 5) is 29.1. The third kappa shape index (κ3) is 3.02. The third-order valence-corrected chi connectivity index (χ3v) is 8.62. The van der Waals surface area contributed by atoms with Crippen molar-refractivity contribution in [1.82, 2.24) is 14.1 Å². The molecule has 3 aliphatic rings. The molecule has 3 aliphatic heterocycles. The predicted molar refractivity (Wildman–Crippen MR) is 102 cm³/mol. The van der Waals surface area contributed by atoms with Crippen LogP contribution in [0.5, 0.6) is 0 Å². The molecule has 3 saturated heterocycles. The van der Waals surface area contributed by atoms with Crippen molar-refractivity contribution in [1.29, 1.82) is 5.26 Å². The number of thiophene rings is 1. The summed E-state index contributed by atoms with van der Waals surface area (Å²) < 4.78 is 26.9. The lowest BCUT2D eigenvalue weighted by atomic mass is 10.1. The van der Waals surface area contributed by atoms with E-state index < -0.39 is 22.0 Å². The largest absolute Gasteiger partial charge is 0.336 e. The van der Waals surface area contributed by atoms with Crippen molar-refractivity contribution in [2.24, 2.45) is 5.92 Å². The predicted octanol–water partition coefficient (Wildman–Crippen LogP) is 0.873. The fourth-order valence-corrected chi connectivity index (χ4v) is 7.11. The highest BCUT2D eigenvalue weighted by Crippen LogP contribution is 2.37. The third-order valence-electron chi connectivity index (χ3n) is 5.92.